The van der Waals surface area contributed by atoms with E-state index in [-0.39, 0.29) is 11.5 Å². The van der Waals surface area contributed by atoms with Crippen LogP contribution in [0.3, 0.4) is 0 Å². The minimum absolute atomic E-state index is 0.112. The van der Waals surface area contributed by atoms with Gasteiger partial charge in [-0.2, -0.15) is 22.5 Å². The number of pyridine rings is 1. The normalized spacial score (nSPS) is 11.1. The van der Waals surface area contributed by atoms with Crippen LogP contribution < -0.4 is 14.2 Å². The maximum Gasteiger partial charge on any atom is 0.255 e. The fourth-order valence-corrected chi connectivity index (χ4v) is 2.90. The maximum absolute atomic E-state index is 13.9. The molecule has 0 saturated heterocycles. The van der Waals surface area contributed by atoms with Crippen LogP contribution >= 0.6 is 0 Å². The van der Waals surface area contributed by atoms with Gasteiger partial charge in [0, 0.05) is 0 Å². The van der Waals surface area contributed by atoms with Crippen LogP contribution in [-0.4, -0.2) is 19.2 Å². The third-order valence-corrected chi connectivity index (χ3v) is 4.69. The summed E-state index contributed by atoms with van der Waals surface area (Å²) in [7, 11) is 2.91. The Bertz CT molecular complexity index is 1140. The number of ether oxygens (including phenoxy) is 3. The first-order valence-electron chi connectivity index (χ1n) is 9.14. The molecule has 0 unspecified atom stereocenters. The number of hydrogen-bond acceptors (Lipinski definition) is 4. The van der Waals surface area contributed by atoms with Gasteiger partial charge >= 0.3 is 0 Å². The van der Waals surface area contributed by atoms with E-state index >= 15 is 0 Å². The minimum Gasteiger partial charge on any atom is -0.496 e. The molecular weight excluding hydrogens is 414 g/mol. The lowest BCUT2D eigenvalue weighted by atomic mass is 10.0. The first kappa shape index (κ1) is 22.1. The van der Waals surface area contributed by atoms with Crippen molar-refractivity contribution in [3.8, 4) is 23.0 Å². The summed E-state index contributed by atoms with van der Waals surface area (Å²) in [6, 6.07) is 8.44. The molecule has 0 radical (unpaired) electrons. The van der Waals surface area contributed by atoms with Crippen molar-refractivity contribution in [1.82, 2.24) is 4.98 Å². The van der Waals surface area contributed by atoms with Gasteiger partial charge in [-0.05, 0) is 54.3 Å². The molecule has 0 aliphatic carbocycles. The van der Waals surface area contributed by atoms with E-state index in [0.717, 1.165) is 22.4 Å². The van der Waals surface area contributed by atoms with Crippen molar-refractivity contribution in [2.45, 2.75) is 13.8 Å². The van der Waals surface area contributed by atoms with Crippen molar-refractivity contribution in [2.75, 3.05) is 14.2 Å². The highest BCUT2D eigenvalue weighted by Gasteiger charge is 2.24. The number of halogens is 4. The largest absolute Gasteiger partial charge is 0.496 e. The van der Waals surface area contributed by atoms with Crippen LogP contribution in [0, 0.1) is 37.4 Å². The Labute approximate surface area is 176 Å². The molecule has 0 saturated carbocycles. The van der Waals surface area contributed by atoms with E-state index in [4.69, 9.17) is 14.2 Å². The predicted molar refractivity (Wildman–Crippen MR) is 109 cm³/mol. The molecule has 1 heterocycles. The van der Waals surface area contributed by atoms with Crippen molar-refractivity contribution < 1.29 is 31.8 Å². The standard InChI is InChI=1S/C23H19F4NO3/c1-12-9-15(11-17(30-4)13(12)2)6-5-14-7-8-16(29-3)18(10-14)31-21-19(24)22(26)28-23(27)20(21)25/h5-11H,1-4H3. The number of aryl methyl sites for hydroxylation is 1. The van der Waals surface area contributed by atoms with Crippen molar-refractivity contribution >= 4 is 12.2 Å². The SMILES string of the molecule is COc1ccc(C=Cc2cc(C)c(C)c(OC)c2)cc1Oc1c(F)c(F)nc(F)c1F. The van der Waals surface area contributed by atoms with E-state index in [1.807, 2.05) is 32.1 Å². The van der Waals surface area contributed by atoms with E-state index < -0.39 is 29.3 Å². The van der Waals surface area contributed by atoms with Gasteiger partial charge in [-0.3, -0.25) is 0 Å². The molecule has 31 heavy (non-hydrogen) atoms. The topological polar surface area (TPSA) is 40.6 Å². The molecule has 3 aromatic rings. The van der Waals surface area contributed by atoms with Crippen molar-refractivity contribution in [3.63, 3.8) is 0 Å². The Morgan fingerprint density at radius 2 is 1.32 bits per heavy atom. The maximum atomic E-state index is 13.9. The van der Waals surface area contributed by atoms with Gasteiger partial charge in [0.05, 0.1) is 14.2 Å². The fourth-order valence-electron chi connectivity index (χ4n) is 2.90. The van der Waals surface area contributed by atoms with Gasteiger partial charge in [-0.25, -0.2) is 0 Å². The quantitative estimate of drug-likeness (QED) is 0.262. The zero-order chi connectivity index (χ0) is 22.7. The first-order valence-corrected chi connectivity index (χ1v) is 9.14. The molecule has 0 fully saturated rings. The second-order valence-electron chi connectivity index (χ2n) is 6.66. The fraction of sp³-hybridized carbons (Fsp3) is 0.174. The predicted octanol–water partition coefficient (Wildman–Crippen LogP) is 6.23. The summed E-state index contributed by atoms with van der Waals surface area (Å²) in [4.78, 5) is 2.51. The molecule has 1 aromatic heterocycles. The highest BCUT2D eigenvalue weighted by molar-refractivity contribution is 5.72. The van der Waals surface area contributed by atoms with E-state index in [1.165, 1.54) is 19.2 Å². The zero-order valence-electron chi connectivity index (χ0n) is 17.2. The smallest absolute Gasteiger partial charge is 0.255 e. The monoisotopic (exact) mass is 433 g/mol. The lowest BCUT2D eigenvalue weighted by molar-refractivity contribution is 0.328. The third kappa shape index (κ3) is 4.63. The molecule has 0 spiro atoms. The van der Waals surface area contributed by atoms with E-state index in [9.17, 15) is 17.6 Å². The Morgan fingerprint density at radius 3 is 1.94 bits per heavy atom. The second-order valence-corrected chi connectivity index (χ2v) is 6.66. The van der Waals surface area contributed by atoms with Crippen LogP contribution in [0.4, 0.5) is 17.6 Å². The molecule has 0 atom stereocenters. The molecule has 0 amide bonds. The van der Waals surface area contributed by atoms with Crippen molar-refractivity contribution in [1.29, 1.82) is 0 Å². The molecule has 4 nitrogen and oxygen atoms in total. The van der Waals surface area contributed by atoms with Gasteiger partial charge in [-0.15, -0.1) is 0 Å². The Kier molecular flexibility index (Phi) is 6.48. The van der Waals surface area contributed by atoms with E-state index in [2.05, 4.69) is 4.98 Å². The molecule has 0 aliphatic rings. The Hall–Kier alpha value is -3.55. The van der Waals surface area contributed by atoms with Crippen LogP contribution in [0.2, 0.25) is 0 Å². The highest BCUT2D eigenvalue weighted by Crippen LogP contribution is 2.36. The summed E-state index contributed by atoms with van der Waals surface area (Å²) < 4.78 is 70.3. The lowest BCUT2D eigenvalue weighted by Gasteiger charge is -2.12. The summed E-state index contributed by atoms with van der Waals surface area (Å²) in [5, 5.41) is 0. The summed E-state index contributed by atoms with van der Waals surface area (Å²) in [5.74, 6) is -7.64. The molecule has 0 bridgehead atoms. The van der Waals surface area contributed by atoms with Crippen LogP contribution in [0.25, 0.3) is 12.2 Å². The number of methoxy groups -OCH3 is 2. The van der Waals surface area contributed by atoms with Gasteiger partial charge in [-0.1, -0.05) is 24.3 Å². The number of hydrogen-bond donors (Lipinski definition) is 0. The van der Waals surface area contributed by atoms with Crippen LogP contribution in [-0.2, 0) is 0 Å². The second kappa shape index (κ2) is 9.07. The number of aromatic nitrogens is 1. The summed E-state index contributed by atoms with van der Waals surface area (Å²) in [6.07, 6.45) is 3.55. The lowest BCUT2D eigenvalue weighted by Crippen LogP contribution is -2.04. The molecule has 0 N–H and O–H groups in total. The zero-order valence-corrected chi connectivity index (χ0v) is 17.2. The average molecular weight is 433 g/mol. The van der Waals surface area contributed by atoms with Crippen molar-refractivity contribution in [2.24, 2.45) is 0 Å². The molecule has 8 heteroatoms. The summed E-state index contributed by atoms with van der Waals surface area (Å²) >= 11 is 0. The van der Waals surface area contributed by atoms with Crippen LogP contribution in [0.5, 0.6) is 23.0 Å². The third-order valence-electron chi connectivity index (χ3n) is 4.69. The Balaban J connectivity index is 1.97. The first-order chi connectivity index (χ1) is 14.7. The van der Waals surface area contributed by atoms with Crippen LogP contribution in [0.1, 0.15) is 22.3 Å². The van der Waals surface area contributed by atoms with Crippen LogP contribution in [0.15, 0.2) is 30.3 Å². The molecular formula is C23H19F4NO3. The molecule has 0 aliphatic heterocycles. The number of nitrogens with zero attached hydrogens (tertiary/aromatic N) is 1. The van der Waals surface area contributed by atoms with E-state index in [0.29, 0.717) is 5.56 Å². The van der Waals surface area contributed by atoms with Gasteiger partial charge in [0.25, 0.3) is 11.9 Å². The Morgan fingerprint density at radius 1 is 0.742 bits per heavy atom. The van der Waals surface area contributed by atoms with Gasteiger partial charge in [0.1, 0.15) is 5.75 Å². The molecule has 3 rings (SSSR count). The highest BCUT2D eigenvalue weighted by atomic mass is 19.2. The van der Waals surface area contributed by atoms with Gasteiger partial charge < -0.3 is 14.2 Å². The summed E-state index contributed by atoms with van der Waals surface area (Å²) in [6.45, 7) is 3.92. The molecule has 2 aromatic carbocycles. The number of benzene rings is 2. The average Bonchev–Trinajstić information content (AvgIpc) is 2.76. The van der Waals surface area contributed by atoms with Gasteiger partial charge in [0.2, 0.25) is 17.4 Å². The minimum atomic E-state index is -1.81. The van der Waals surface area contributed by atoms with Crippen molar-refractivity contribution in [3.05, 3.63) is 76.1 Å². The van der Waals surface area contributed by atoms with E-state index in [1.54, 1.807) is 19.3 Å². The van der Waals surface area contributed by atoms with Gasteiger partial charge in [0.15, 0.2) is 11.5 Å². The number of rotatable bonds is 6. The molecule has 162 valence electrons. The summed E-state index contributed by atoms with van der Waals surface area (Å²) in [5.41, 5.74) is 3.53.